The van der Waals surface area contributed by atoms with Crippen molar-refractivity contribution in [2.45, 2.75) is 26.8 Å². The molecule has 0 radical (unpaired) electrons. The fourth-order valence-corrected chi connectivity index (χ4v) is 2.84. The molecular formula is C16H18N4S. The van der Waals surface area contributed by atoms with Gasteiger partial charge in [0.05, 0.1) is 5.52 Å². The van der Waals surface area contributed by atoms with Crippen molar-refractivity contribution in [3.05, 3.63) is 47.9 Å². The highest BCUT2D eigenvalue weighted by Gasteiger charge is 2.07. The maximum absolute atomic E-state index is 4.53. The summed E-state index contributed by atoms with van der Waals surface area (Å²) in [6.07, 6.45) is 2.78. The third-order valence-electron chi connectivity index (χ3n) is 3.23. The Kier molecular flexibility index (Phi) is 4.10. The minimum absolute atomic E-state index is 0.580. The van der Waals surface area contributed by atoms with Gasteiger partial charge in [0.2, 0.25) is 5.13 Å². The van der Waals surface area contributed by atoms with Gasteiger partial charge in [-0.15, -0.1) is 0 Å². The summed E-state index contributed by atoms with van der Waals surface area (Å²) in [6, 6.07) is 10.2. The molecule has 1 aromatic carbocycles. The van der Waals surface area contributed by atoms with Gasteiger partial charge in [-0.3, -0.25) is 4.98 Å². The molecular weight excluding hydrogens is 280 g/mol. The molecule has 3 rings (SSSR count). The van der Waals surface area contributed by atoms with Gasteiger partial charge in [-0.05, 0) is 23.6 Å². The largest absolute Gasteiger partial charge is 0.356 e. The Hall–Kier alpha value is -2.01. The number of fused-ring (bicyclic) bond motifs is 1. The van der Waals surface area contributed by atoms with Crippen molar-refractivity contribution in [2.75, 3.05) is 5.32 Å². The number of benzene rings is 1. The monoisotopic (exact) mass is 298 g/mol. The third-order valence-corrected chi connectivity index (χ3v) is 3.94. The van der Waals surface area contributed by atoms with Gasteiger partial charge in [-0.25, -0.2) is 4.98 Å². The zero-order valence-corrected chi connectivity index (χ0v) is 13.0. The zero-order valence-electron chi connectivity index (χ0n) is 12.2. The van der Waals surface area contributed by atoms with E-state index in [4.69, 9.17) is 0 Å². The number of nitrogens with one attached hydrogen (secondary N) is 1. The van der Waals surface area contributed by atoms with Crippen LogP contribution in [0.2, 0.25) is 0 Å². The van der Waals surface area contributed by atoms with E-state index in [0.29, 0.717) is 5.92 Å². The van der Waals surface area contributed by atoms with Crippen molar-refractivity contribution in [3.8, 4) is 0 Å². The topological polar surface area (TPSA) is 50.7 Å². The number of rotatable bonds is 5. The van der Waals surface area contributed by atoms with Crippen LogP contribution in [0, 0.1) is 5.92 Å². The first kappa shape index (κ1) is 13.9. The van der Waals surface area contributed by atoms with Gasteiger partial charge in [0.25, 0.3) is 0 Å². The molecule has 21 heavy (non-hydrogen) atoms. The molecule has 108 valence electrons. The Morgan fingerprint density at radius 1 is 1.19 bits per heavy atom. The van der Waals surface area contributed by atoms with Gasteiger partial charge in [0.15, 0.2) is 0 Å². The molecule has 0 unspecified atom stereocenters. The number of para-hydroxylation sites is 1. The molecule has 0 spiro atoms. The Balaban J connectivity index is 1.73. The van der Waals surface area contributed by atoms with E-state index in [1.807, 2.05) is 30.5 Å². The van der Waals surface area contributed by atoms with E-state index in [9.17, 15) is 0 Å². The fourth-order valence-electron chi connectivity index (χ4n) is 2.25. The first-order valence-corrected chi connectivity index (χ1v) is 7.89. The Morgan fingerprint density at radius 2 is 2.05 bits per heavy atom. The first-order chi connectivity index (χ1) is 10.2. The minimum atomic E-state index is 0.580. The predicted octanol–water partition coefficient (Wildman–Crippen LogP) is 3.90. The van der Waals surface area contributed by atoms with Gasteiger partial charge >= 0.3 is 0 Å². The molecule has 0 saturated heterocycles. The summed E-state index contributed by atoms with van der Waals surface area (Å²) in [5.41, 5.74) is 2.25. The van der Waals surface area contributed by atoms with Gasteiger partial charge < -0.3 is 5.32 Å². The predicted molar refractivity (Wildman–Crippen MR) is 87.5 cm³/mol. The summed E-state index contributed by atoms with van der Waals surface area (Å²) in [6.45, 7) is 5.09. The van der Waals surface area contributed by atoms with Crippen LogP contribution < -0.4 is 5.32 Å². The second kappa shape index (κ2) is 6.18. The van der Waals surface area contributed by atoms with E-state index in [-0.39, 0.29) is 0 Å². The number of nitrogens with zero attached hydrogens (tertiary/aromatic N) is 3. The van der Waals surface area contributed by atoms with E-state index in [2.05, 4.69) is 39.6 Å². The van der Waals surface area contributed by atoms with Crippen molar-refractivity contribution in [2.24, 2.45) is 5.92 Å². The first-order valence-electron chi connectivity index (χ1n) is 7.11. The van der Waals surface area contributed by atoms with Crippen LogP contribution in [0.1, 0.15) is 25.2 Å². The lowest BCUT2D eigenvalue weighted by atomic mass is 10.1. The average molecular weight is 298 g/mol. The Bertz CT molecular complexity index is 730. The summed E-state index contributed by atoms with van der Waals surface area (Å²) in [5, 5.41) is 5.42. The summed E-state index contributed by atoms with van der Waals surface area (Å²) in [7, 11) is 0. The van der Waals surface area contributed by atoms with Crippen molar-refractivity contribution in [3.63, 3.8) is 0 Å². The lowest BCUT2D eigenvalue weighted by Gasteiger charge is -2.06. The maximum Gasteiger partial charge on any atom is 0.202 e. The van der Waals surface area contributed by atoms with Crippen molar-refractivity contribution in [1.29, 1.82) is 0 Å². The molecule has 0 saturated carbocycles. The molecule has 2 aromatic heterocycles. The van der Waals surface area contributed by atoms with E-state index < -0.39 is 0 Å². The molecule has 0 atom stereocenters. The van der Waals surface area contributed by atoms with Gasteiger partial charge in [0, 0.05) is 36.1 Å². The van der Waals surface area contributed by atoms with Crippen LogP contribution in [-0.4, -0.2) is 14.3 Å². The molecule has 0 aliphatic rings. The smallest absolute Gasteiger partial charge is 0.202 e. The maximum atomic E-state index is 4.53. The molecule has 0 bridgehead atoms. The number of hydrogen-bond donors (Lipinski definition) is 1. The van der Waals surface area contributed by atoms with Crippen LogP contribution in [0.15, 0.2) is 36.5 Å². The van der Waals surface area contributed by atoms with E-state index >= 15 is 0 Å². The van der Waals surface area contributed by atoms with E-state index in [1.165, 1.54) is 22.5 Å². The SMILES string of the molecule is CC(C)Cc1nsc(NCc2ccnc3ccccc23)n1. The zero-order chi connectivity index (χ0) is 14.7. The number of anilines is 1. The normalized spacial score (nSPS) is 11.2. The molecule has 3 aromatic rings. The molecule has 0 amide bonds. The average Bonchev–Trinajstić information content (AvgIpc) is 2.92. The highest BCUT2D eigenvalue weighted by atomic mass is 32.1. The van der Waals surface area contributed by atoms with Crippen LogP contribution >= 0.6 is 11.5 Å². The summed E-state index contributed by atoms with van der Waals surface area (Å²) < 4.78 is 4.39. The quantitative estimate of drug-likeness (QED) is 0.776. The molecule has 1 N–H and O–H groups in total. The van der Waals surface area contributed by atoms with Crippen LogP contribution in [0.5, 0.6) is 0 Å². The highest BCUT2D eigenvalue weighted by molar-refractivity contribution is 7.09. The van der Waals surface area contributed by atoms with Crippen LogP contribution in [0.3, 0.4) is 0 Å². The number of hydrogen-bond acceptors (Lipinski definition) is 5. The number of aromatic nitrogens is 3. The minimum Gasteiger partial charge on any atom is -0.356 e. The van der Waals surface area contributed by atoms with E-state index in [0.717, 1.165) is 29.4 Å². The second-order valence-electron chi connectivity index (χ2n) is 5.45. The molecule has 4 nitrogen and oxygen atoms in total. The number of pyridine rings is 1. The third kappa shape index (κ3) is 3.36. The summed E-state index contributed by atoms with van der Waals surface area (Å²) in [5.74, 6) is 1.51. The summed E-state index contributed by atoms with van der Waals surface area (Å²) in [4.78, 5) is 8.91. The molecule has 0 aliphatic heterocycles. The van der Waals surface area contributed by atoms with Crippen LogP contribution in [0.25, 0.3) is 10.9 Å². The Labute approximate surface area is 128 Å². The van der Waals surface area contributed by atoms with Gasteiger partial charge in [0.1, 0.15) is 5.82 Å². The van der Waals surface area contributed by atoms with Gasteiger partial charge in [-0.1, -0.05) is 32.0 Å². The van der Waals surface area contributed by atoms with Crippen molar-refractivity contribution >= 4 is 27.6 Å². The summed E-state index contributed by atoms with van der Waals surface area (Å²) >= 11 is 1.43. The van der Waals surface area contributed by atoms with E-state index in [1.54, 1.807) is 0 Å². The Morgan fingerprint density at radius 3 is 2.90 bits per heavy atom. The highest BCUT2D eigenvalue weighted by Crippen LogP contribution is 2.19. The molecule has 0 fully saturated rings. The van der Waals surface area contributed by atoms with Crippen molar-refractivity contribution < 1.29 is 0 Å². The standard InChI is InChI=1S/C16H18N4S/c1-11(2)9-15-19-16(21-20-15)18-10-12-7-8-17-14-6-4-3-5-13(12)14/h3-8,11H,9-10H2,1-2H3,(H,18,19,20). The van der Waals surface area contributed by atoms with Crippen molar-refractivity contribution in [1.82, 2.24) is 14.3 Å². The second-order valence-corrected chi connectivity index (χ2v) is 6.21. The lowest BCUT2D eigenvalue weighted by Crippen LogP contribution is -2.01. The van der Waals surface area contributed by atoms with Crippen LogP contribution in [0.4, 0.5) is 5.13 Å². The van der Waals surface area contributed by atoms with Gasteiger partial charge in [-0.2, -0.15) is 4.37 Å². The molecule has 5 heteroatoms. The molecule has 2 heterocycles. The fraction of sp³-hybridized carbons (Fsp3) is 0.312. The van der Waals surface area contributed by atoms with Crippen LogP contribution in [-0.2, 0) is 13.0 Å². The lowest BCUT2D eigenvalue weighted by molar-refractivity contribution is 0.627. The molecule has 0 aliphatic carbocycles.